The Balaban J connectivity index is 2.09. The Morgan fingerprint density at radius 3 is 2.80 bits per heavy atom. The van der Waals surface area contributed by atoms with Crippen LogP contribution in [-0.4, -0.2) is 18.6 Å². The van der Waals surface area contributed by atoms with Crippen LogP contribution in [0.4, 0.5) is 5.13 Å². The van der Waals surface area contributed by atoms with E-state index < -0.39 is 0 Å². The van der Waals surface area contributed by atoms with Gasteiger partial charge in [-0.1, -0.05) is 13.8 Å². The van der Waals surface area contributed by atoms with E-state index in [0.717, 1.165) is 31.2 Å². The fourth-order valence-electron chi connectivity index (χ4n) is 1.96. The molecule has 2 rings (SSSR count). The minimum Gasteiger partial charge on any atom is -0.347 e. The highest BCUT2D eigenvalue weighted by Crippen LogP contribution is 2.28. The fourth-order valence-corrected chi connectivity index (χ4v) is 4.24. The van der Waals surface area contributed by atoms with Gasteiger partial charge in [0, 0.05) is 25.0 Å². The van der Waals surface area contributed by atoms with Crippen LogP contribution in [0.25, 0.3) is 0 Å². The van der Waals surface area contributed by atoms with E-state index in [2.05, 4.69) is 58.5 Å². The molecule has 0 unspecified atom stereocenters. The Kier molecular flexibility index (Phi) is 6.01. The summed E-state index contributed by atoms with van der Waals surface area (Å²) in [6, 6.07) is 2.18. The summed E-state index contributed by atoms with van der Waals surface area (Å²) in [7, 11) is 2.11. The molecular weight excluding hydrogens is 354 g/mol. The highest BCUT2D eigenvalue weighted by molar-refractivity contribution is 9.11. The number of aromatic nitrogens is 1. The van der Waals surface area contributed by atoms with Crippen LogP contribution in [-0.2, 0) is 19.5 Å². The number of anilines is 1. The summed E-state index contributed by atoms with van der Waals surface area (Å²) in [4.78, 5) is 8.37. The molecule has 6 heteroatoms. The zero-order chi connectivity index (χ0) is 14.5. The topological polar surface area (TPSA) is 28.2 Å². The van der Waals surface area contributed by atoms with Crippen LogP contribution in [0.15, 0.2) is 15.2 Å². The summed E-state index contributed by atoms with van der Waals surface area (Å²) in [5.41, 5.74) is 2.55. The first-order valence-electron chi connectivity index (χ1n) is 6.77. The predicted octanol–water partition coefficient (Wildman–Crippen LogP) is 4.28. The Hall–Kier alpha value is -0.430. The number of aryl methyl sites for hydroxylation is 1. The molecule has 0 aromatic carbocycles. The molecule has 3 nitrogen and oxygen atoms in total. The summed E-state index contributed by atoms with van der Waals surface area (Å²) in [6.07, 6.45) is 0.995. The van der Waals surface area contributed by atoms with E-state index in [-0.39, 0.29) is 0 Å². The first-order valence-corrected chi connectivity index (χ1v) is 9.26. The third-order valence-electron chi connectivity index (χ3n) is 3.01. The quantitative estimate of drug-likeness (QED) is 0.784. The summed E-state index contributed by atoms with van der Waals surface area (Å²) in [6.45, 7) is 7.13. The van der Waals surface area contributed by atoms with Crippen LogP contribution in [0, 0.1) is 0 Å². The molecule has 0 aliphatic heterocycles. The lowest BCUT2D eigenvalue weighted by molar-refractivity contribution is 0.727. The lowest BCUT2D eigenvalue weighted by atomic mass is 10.3. The molecule has 0 amide bonds. The van der Waals surface area contributed by atoms with E-state index in [1.807, 2.05) is 0 Å². The third kappa shape index (κ3) is 4.04. The monoisotopic (exact) mass is 373 g/mol. The molecule has 0 saturated carbocycles. The van der Waals surface area contributed by atoms with E-state index in [4.69, 9.17) is 4.98 Å². The van der Waals surface area contributed by atoms with Crippen molar-refractivity contribution in [3.05, 3.63) is 31.4 Å². The lowest BCUT2D eigenvalue weighted by Crippen LogP contribution is -2.15. The van der Waals surface area contributed by atoms with Crippen molar-refractivity contribution < 1.29 is 0 Å². The van der Waals surface area contributed by atoms with Crippen LogP contribution < -0.4 is 10.2 Å². The maximum atomic E-state index is 4.78. The number of nitrogens with zero attached hydrogens (tertiary/aromatic N) is 2. The zero-order valence-electron chi connectivity index (χ0n) is 12.1. The van der Waals surface area contributed by atoms with Gasteiger partial charge in [-0.25, -0.2) is 4.98 Å². The molecule has 0 radical (unpaired) electrons. The molecule has 0 atom stereocenters. The Morgan fingerprint density at radius 2 is 2.20 bits per heavy atom. The maximum Gasteiger partial charge on any atom is 0.185 e. The summed E-state index contributed by atoms with van der Waals surface area (Å²) in [5, 5.41) is 6.69. The van der Waals surface area contributed by atoms with Gasteiger partial charge in [-0.2, -0.15) is 0 Å². The van der Waals surface area contributed by atoms with Gasteiger partial charge < -0.3 is 10.2 Å². The van der Waals surface area contributed by atoms with E-state index >= 15 is 0 Å². The zero-order valence-corrected chi connectivity index (χ0v) is 15.3. The van der Waals surface area contributed by atoms with E-state index in [1.165, 1.54) is 19.9 Å². The molecule has 0 bridgehead atoms. The molecule has 2 aromatic heterocycles. The van der Waals surface area contributed by atoms with Crippen LogP contribution >= 0.6 is 38.6 Å². The SMILES string of the molecule is CCNCc1sc(N(C)Cc2csc(Br)c2)nc1CC. The fraction of sp³-hybridized carbons (Fsp3) is 0.500. The Bertz CT molecular complexity index is 550. The van der Waals surface area contributed by atoms with Gasteiger partial charge in [-0.15, -0.1) is 22.7 Å². The van der Waals surface area contributed by atoms with Gasteiger partial charge in [-0.05, 0) is 45.9 Å². The van der Waals surface area contributed by atoms with Crippen LogP contribution in [0.3, 0.4) is 0 Å². The van der Waals surface area contributed by atoms with Crippen molar-refractivity contribution in [1.82, 2.24) is 10.3 Å². The van der Waals surface area contributed by atoms with Crippen LogP contribution in [0.5, 0.6) is 0 Å². The number of hydrogen-bond donors (Lipinski definition) is 1. The van der Waals surface area contributed by atoms with Crippen LogP contribution in [0.2, 0.25) is 0 Å². The Labute approximate surface area is 137 Å². The lowest BCUT2D eigenvalue weighted by Gasteiger charge is -2.14. The number of nitrogens with one attached hydrogen (secondary N) is 1. The van der Waals surface area contributed by atoms with Gasteiger partial charge in [-0.3, -0.25) is 0 Å². The Morgan fingerprint density at radius 1 is 1.40 bits per heavy atom. The third-order valence-corrected chi connectivity index (χ3v) is 5.77. The standard InChI is InChI=1S/C14H20BrN3S2/c1-4-11-12(7-16-5-2)20-14(17-11)18(3)8-10-6-13(15)19-9-10/h6,9,16H,4-5,7-8H2,1-3H3. The largest absolute Gasteiger partial charge is 0.347 e. The first-order chi connectivity index (χ1) is 9.63. The van der Waals surface area contributed by atoms with Crippen molar-refractivity contribution in [2.75, 3.05) is 18.5 Å². The van der Waals surface area contributed by atoms with Crippen molar-refractivity contribution in [2.45, 2.75) is 33.4 Å². The van der Waals surface area contributed by atoms with Crippen molar-refractivity contribution >= 4 is 43.7 Å². The molecule has 0 aliphatic carbocycles. The molecule has 2 heterocycles. The van der Waals surface area contributed by atoms with Crippen molar-refractivity contribution in [2.24, 2.45) is 0 Å². The highest BCUT2D eigenvalue weighted by atomic mass is 79.9. The number of thiazole rings is 1. The normalized spacial score (nSPS) is 11.0. The maximum absolute atomic E-state index is 4.78. The summed E-state index contributed by atoms with van der Waals surface area (Å²) >= 11 is 7.04. The average molecular weight is 374 g/mol. The number of thiophene rings is 1. The molecule has 20 heavy (non-hydrogen) atoms. The molecule has 2 aromatic rings. The molecular formula is C14H20BrN3S2. The molecule has 1 N–H and O–H groups in total. The van der Waals surface area contributed by atoms with Gasteiger partial charge >= 0.3 is 0 Å². The molecule has 0 fully saturated rings. The van der Waals surface area contributed by atoms with Gasteiger partial charge in [0.2, 0.25) is 0 Å². The van der Waals surface area contributed by atoms with E-state index in [9.17, 15) is 0 Å². The van der Waals surface area contributed by atoms with Gasteiger partial charge in [0.05, 0.1) is 9.48 Å². The summed E-state index contributed by atoms with van der Waals surface area (Å²) in [5.74, 6) is 0. The summed E-state index contributed by atoms with van der Waals surface area (Å²) < 4.78 is 1.18. The average Bonchev–Trinajstić information content (AvgIpc) is 3.02. The molecule has 0 saturated heterocycles. The van der Waals surface area contributed by atoms with E-state index in [1.54, 1.807) is 22.7 Å². The first kappa shape index (κ1) is 15.9. The second-order valence-electron chi connectivity index (χ2n) is 4.62. The predicted molar refractivity (Wildman–Crippen MR) is 93.0 cm³/mol. The smallest absolute Gasteiger partial charge is 0.185 e. The number of hydrogen-bond acceptors (Lipinski definition) is 5. The minimum absolute atomic E-state index is 0.902. The van der Waals surface area contributed by atoms with Crippen molar-refractivity contribution in [1.29, 1.82) is 0 Å². The minimum atomic E-state index is 0.902. The van der Waals surface area contributed by atoms with Crippen molar-refractivity contribution in [3.63, 3.8) is 0 Å². The number of rotatable bonds is 7. The molecule has 0 aliphatic rings. The second-order valence-corrected chi connectivity index (χ2v) is 7.97. The van der Waals surface area contributed by atoms with Crippen molar-refractivity contribution in [3.8, 4) is 0 Å². The second kappa shape index (κ2) is 7.54. The highest BCUT2D eigenvalue weighted by Gasteiger charge is 2.13. The van der Waals surface area contributed by atoms with Gasteiger partial charge in [0.15, 0.2) is 5.13 Å². The van der Waals surface area contributed by atoms with Gasteiger partial charge in [0.1, 0.15) is 0 Å². The molecule has 0 spiro atoms. The van der Waals surface area contributed by atoms with Gasteiger partial charge in [0.25, 0.3) is 0 Å². The number of halogens is 1. The molecule has 110 valence electrons. The van der Waals surface area contributed by atoms with E-state index in [0.29, 0.717) is 0 Å². The van der Waals surface area contributed by atoms with Crippen LogP contribution in [0.1, 0.15) is 30.0 Å².